The van der Waals surface area contributed by atoms with Crippen LogP contribution in [0.4, 0.5) is 10.5 Å². The molecule has 8 nitrogen and oxygen atoms in total. The van der Waals surface area contributed by atoms with E-state index in [9.17, 15) is 14.4 Å². The summed E-state index contributed by atoms with van der Waals surface area (Å²) in [6, 6.07) is 14.4. The van der Waals surface area contributed by atoms with Crippen molar-refractivity contribution in [3.63, 3.8) is 0 Å². The molecule has 2 fully saturated rings. The number of carbonyl (C=O) groups is 3. The van der Waals surface area contributed by atoms with Crippen LogP contribution in [0.1, 0.15) is 44.6 Å². The number of nitrogens with one attached hydrogen (secondary N) is 2. The zero-order valence-electron chi connectivity index (χ0n) is 18.6. The first-order valence-electron chi connectivity index (χ1n) is 11.4. The van der Waals surface area contributed by atoms with E-state index < -0.39 is 29.2 Å². The zero-order valence-corrected chi connectivity index (χ0v) is 18.6. The van der Waals surface area contributed by atoms with E-state index in [4.69, 9.17) is 9.47 Å². The Morgan fingerprint density at radius 1 is 1.06 bits per heavy atom. The van der Waals surface area contributed by atoms with Crippen molar-refractivity contribution in [2.75, 3.05) is 11.9 Å². The minimum Gasteiger partial charge on any atom is -0.448 e. The molecule has 2 aliphatic heterocycles. The van der Waals surface area contributed by atoms with Crippen molar-refractivity contribution in [1.29, 1.82) is 0 Å². The molecule has 1 aliphatic carbocycles. The first-order chi connectivity index (χ1) is 15.9. The lowest BCUT2D eigenvalue weighted by Crippen LogP contribution is -2.45. The average molecular weight is 450 g/mol. The second-order valence-electron chi connectivity index (χ2n) is 9.17. The van der Waals surface area contributed by atoms with Crippen molar-refractivity contribution >= 4 is 23.5 Å². The molecule has 1 unspecified atom stereocenters. The largest absolute Gasteiger partial charge is 0.448 e. The smallest absolute Gasteiger partial charge is 0.325 e. The maximum absolute atomic E-state index is 13.0. The number of nitrogens with zero attached hydrogens (tertiary/aromatic N) is 1. The fraction of sp³-hybridized carbons (Fsp3) is 0.400. The van der Waals surface area contributed by atoms with Crippen LogP contribution in [0.2, 0.25) is 0 Å². The number of imide groups is 1. The van der Waals surface area contributed by atoms with Gasteiger partial charge < -0.3 is 20.1 Å². The number of hydrogen-bond acceptors (Lipinski definition) is 5. The quantitative estimate of drug-likeness (QED) is 0.657. The number of anilines is 1. The van der Waals surface area contributed by atoms with E-state index in [2.05, 4.69) is 10.6 Å². The molecular formula is C25H27N3O5. The molecule has 172 valence electrons. The Labute approximate surface area is 192 Å². The van der Waals surface area contributed by atoms with E-state index in [0.29, 0.717) is 30.0 Å². The Bertz CT molecular complexity index is 1100. The molecule has 0 bridgehead atoms. The van der Waals surface area contributed by atoms with Crippen LogP contribution in [0.5, 0.6) is 11.5 Å². The van der Waals surface area contributed by atoms with Gasteiger partial charge in [0.1, 0.15) is 12.1 Å². The van der Waals surface area contributed by atoms with E-state index in [-0.39, 0.29) is 6.54 Å². The molecule has 0 radical (unpaired) electrons. The molecule has 1 saturated heterocycles. The summed E-state index contributed by atoms with van der Waals surface area (Å²) in [5.41, 5.74) is 0.567. The van der Waals surface area contributed by atoms with Gasteiger partial charge in [-0.1, -0.05) is 30.3 Å². The summed E-state index contributed by atoms with van der Waals surface area (Å²) in [6.07, 6.45) is 4.91. The third-order valence-electron chi connectivity index (χ3n) is 6.59. The highest BCUT2D eigenvalue weighted by molar-refractivity contribution is 6.09. The molecular weight excluding hydrogens is 422 g/mol. The number of fused-ring (bicyclic) bond motifs is 1. The summed E-state index contributed by atoms with van der Waals surface area (Å²) in [5, 5.41) is 5.51. The van der Waals surface area contributed by atoms with Crippen molar-refractivity contribution < 1.29 is 23.9 Å². The van der Waals surface area contributed by atoms with Crippen LogP contribution in [0.25, 0.3) is 0 Å². The molecule has 1 atom stereocenters. The Morgan fingerprint density at radius 2 is 1.79 bits per heavy atom. The highest BCUT2D eigenvalue weighted by Crippen LogP contribution is 2.47. The van der Waals surface area contributed by atoms with Crippen molar-refractivity contribution in [1.82, 2.24) is 10.2 Å². The van der Waals surface area contributed by atoms with Gasteiger partial charge >= 0.3 is 6.03 Å². The first-order valence-corrected chi connectivity index (χ1v) is 11.4. The van der Waals surface area contributed by atoms with Gasteiger partial charge in [0, 0.05) is 24.6 Å². The molecule has 8 heteroatoms. The van der Waals surface area contributed by atoms with Gasteiger partial charge in [-0.15, -0.1) is 0 Å². The molecule has 2 N–H and O–H groups in total. The molecule has 2 aromatic rings. The Kier molecular flexibility index (Phi) is 5.23. The number of hydrogen-bond donors (Lipinski definition) is 2. The minimum atomic E-state index is -1.04. The number of aryl methyl sites for hydroxylation is 1. The number of amides is 4. The molecule has 4 amide bonds. The summed E-state index contributed by atoms with van der Waals surface area (Å²) in [6.45, 7) is 1.34. The average Bonchev–Trinajstić information content (AvgIpc) is 3.46. The Hall–Kier alpha value is -3.55. The highest BCUT2D eigenvalue weighted by atomic mass is 16.7. The Balaban J connectivity index is 1.20. The van der Waals surface area contributed by atoms with Gasteiger partial charge in [-0.2, -0.15) is 0 Å². The summed E-state index contributed by atoms with van der Waals surface area (Å²) >= 11 is 0. The van der Waals surface area contributed by atoms with Crippen molar-refractivity contribution in [2.45, 2.75) is 56.8 Å². The van der Waals surface area contributed by atoms with Gasteiger partial charge in [0.25, 0.3) is 11.7 Å². The van der Waals surface area contributed by atoms with Crippen LogP contribution in [0.15, 0.2) is 48.5 Å². The van der Waals surface area contributed by atoms with Crippen molar-refractivity contribution in [2.24, 2.45) is 0 Å². The second-order valence-corrected chi connectivity index (χ2v) is 9.17. The van der Waals surface area contributed by atoms with E-state index in [1.807, 2.05) is 30.3 Å². The standard InChI is InChI=1S/C25H27N3O5/c1-24(14-11-17-7-3-2-4-8-17)22(30)28(23(31)27-24)16-21(29)26-18-9-10-19-20(15-18)33-25(32-19)12-5-6-13-25/h2-4,7-10,15H,5-6,11-14,16H2,1H3,(H,26,29)(H,27,31). The number of urea groups is 1. The number of benzene rings is 2. The maximum atomic E-state index is 13.0. The van der Waals surface area contributed by atoms with E-state index in [0.717, 1.165) is 36.1 Å². The minimum absolute atomic E-state index is 0.357. The van der Waals surface area contributed by atoms with Crippen LogP contribution in [0, 0.1) is 0 Å². The molecule has 33 heavy (non-hydrogen) atoms. The van der Waals surface area contributed by atoms with Gasteiger partial charge in [0.15, 0.2) is 11.5 Å². The van der Waals surface area contributed by atoms with Crippen LogP contribution >= 0.6 is 0 Å². The topological polar surface area (TPSA) is 97.0 Å². The van der Waals surface area contributed by atoms with Gasteiger partial charge in [-0.3, -0.25) is 14.5 Å². The molecule has 2 heterocycles. The van der Waals surface area contributed by atoms with E-state index >= 15 is 0 Å². The fourth-order valence-corrected chi connectivity index (χ4v) is 4.73. The normalized spacial score (nSPS) is 22.6. The highest BCUT2D eigenvalue weighted by Gasteiger charge is 2.48. The van der Waals surface area contributed by atoms with Crippen LogP contribution in [-0.2, 0) is 16.0 Å². The second kappa shape index (κ2) is 8.10. The van der Waals surface area contributed by atoms with Gasteiger partial charge in [0.05, 0.1) is 0 Å². The van der Waals surface area contributed by atoms with Crippen LogP contribution < -0.4 is 20.1 Å². The summed E-state index contributed by atoms with van der Waals surface area (Å²) in [5.74, 6) is -0.168. The number of rotatable bonds is 6. The first kappa shape index (κ1) is 21.3. The lowest BCUT2D eigenvalue weighted by Gasteiger charge is -2.21. The maximum Gasteiger partial charge on any atom is 0.325 e. The molecule has 1 saturated carbocycles. The van der Waals surface area contributed by atoms with Crippen molar-refractivity contribution in [3.05, 3.63) is 54.1 Å². The van der Waals surface area contributed by atoms with Gasteiger partial charge in [-0.25, -0.2) is 4.79 Å². The SMILES string of the molecule is CC1(CCc2ccccc2)NC(=O)N(CC(=O)Nc2ccc3c(c2)OC2(CCCC2)O3)C1=O. The molecule has 5 rings (SSSR count). The molecule has 3 aliphatic rings. The van der Waals surface area contributed by atoms with E-state index in [1.165, 1.54) is 0 Å². The lowest BCUT2D eigenvalue weighted by molar-refractivity contribution is -0.133. The van der Waals surface area contributed by atoms with Crippen molar-refractivity contribution in [3.8, 4) is 11.5 Å². The van der Waals surface area contributed by atoms with Crippen LogP contribution in [0.3, 0.4) is 0 Å². The van der Waals surface area contributed by atoms with Gasteiger partial charge in [0.2, 0.25) is 5.91 Å². The molecule has 1 spiro atoms. The third kappa shape index (κ3) is 4.13. The summed E-state index contributed by atoms with van der Waals surface area (Å²) in [7, 11) is 0. The number of ether oxygens (including phenoxy) is 2. The fourth-order valence-electron chi connectivity index (χ4n) is 4.73. The van der Waals surface area contributed by atoms with E-state index in [1.54, 1.807) is 25.1 Å². The number of carbonyl (C=O) groups excluding carboxylic acids is 3. The zero-order chi connectivity index (χ0) is 23.1. The summed E-state index contributed by atoms with van der Waals surface area (Å²) < 4.78 is 12.0. The Morgan fingerprint density at radius 3 is 2.55 bits per heavy atom. The molecule has 0 aromatic heterocycles. The molecule has 2 aromatic carbocycles. The predicted octanol–water partition coefficient (Wildman–Crippen LogP) is 3.61. The lowest BCUT2D eigenvalue weighted by atomic mass is 9.93. The third-order valence-corrected chi connectivity index (χ3v) is 6.59. The monoisotopic (exact) mass is 449 g/mol. The van der Waals surface area contributed by atoms with Gasteiger partial charge in [-0.05, 0) is 50.3 Å². The predicted molar refractivity (Wildman–Crippen MR) is 121 cm³/mol. The van der Waals surface area contributed by atoms with Crippen LogP contribution in [-0.4, -0.2) is 40.6 Å². The summed E-state index contributed by atoms with van der Waals surface area (Å²) in [4.78, 5) is 39.1.